The zero-order chi connectivity index (χ0) is 14.1. The summed E-state index contributed by atoms with van der Waals surface area (Å²) < 4.78 is 39.1. The van der Waals surface area contributed by atoms with E-state index in [0.29, 0.717) is 10.7 Å². The molecule has 0 aliphatic carbocycles. The number of carbonyl (C=O) groups excluding carboxylic acids is 1. The first kappa shape index (κ1) is 13.4. The Balaban J connectivity index is 2.50. The number of amides is 1. The maximum absolute atomic E-state index is 11.2. The van der Waals surface area contributed by atoms with Crippen LogP contribution < -0.4 is 16.0 Å². The van der Waals surface area contributed by atoms with Crippen molar-refractivity contribution in [1.29, 1.82) is 0 Å². The molecule has 0 spiro atoms. The summed E-state index contributed by atoms with van der Waals surface area (Å²) in [7, 11) is -3.83. The number of methoxy groups -OCH3 is 1. The molecule has 0 bridgehead atoms. The summed E-state index contributed by atoms with van der Waals surface area (Å²) in [5, 5.41) is 2.58. The average Bonchev–Trinajstić information content (AvgIpc) is 2.63. The summed E-state index contributed by atoms with van der Waals surface area (Å²) >= 11 is 0. The molecule has 1 aliphatic heterocycles. The lowest BCUT2D eigenvalue weighted by Crippen LogP contribution is -2.48. The molecule has 19 heavy (non-hydrogen) atoms. The number of alkyl carbamates (subject to hydrolysis) is 1. The highest BCUT2D eigenvalue weighted by Crippen LogP contribution is 2.15. The number of ether oxygens (including phenoxy) is 1. The van der Waals surface area contributed by atoms with Gasteiger partial charge in [0.15, 0.2) is 0 Å². The molecule has 10 heteroatoms. The van der Waals surface area contributed by atoms with E-state index in [9.17, 15) is 13.2 Å². The normalized spacial score (nSPS) is 15.9. The van der Waals surface area contributed by atoms with Crippen LogP contribution in [0.5, 0.6) is 0 Å². The van der Waals surface area contributed by atoms with E-state index < -0.39 is 22.5 Å². The van der Waals surface area contributed by atoms with Crippen molar-refractivity contribution in [1.82, 2.24) is 5.32 Å². The lowest BCUT2D eigenvalue weighted by atomic mass is 10.3. The molecule has 1 aliphatic rings. The lowest BCUT2D eigenvalue weighted by molar-refractivity contribution is 0.0411. The third-order valence-corrected chi connectivity index (χ3v) is 2.54. The van der Waals surface area contributed by atoms with E-state index in [1.807, 2.05) is 5.32 Å². The Morgan fingerprint density at radius 1 is 1.32 bits per heavy atom. The number of hydrogen-bond donors (Lipinski definition) is 2. The van der Waals surface area contributed by atoms with Crippen molar-refractivity contribution in [2.75, 3.05) is 7.11 Å². The van der Waals surface area contributed by atoms with Crippen LogP contribution >= 0.6 is 0 Å². The minimum atomic E-state index is -4.90. The predicted octanol–water partition coefficient (Wildman–Crippen LogP) is -1.27. The van der Waals surface area contributed by atoms with Gasteiger partial charge in [-0.2, -0.15) is 12.6 Å². The van der Waals surface area contributed by atoms with E-state index >= 15 is 0 Å². The molecule has 9 nitrogen and oxygen atoms in total. The van der Waals surface area contributed by atoms with Crippen LogP contribution in [0, 0.1) is 0 Å². The summed E-state index contributed by atoms with van der Waals surface area (Å²) in [6.45, 7) is 0. The zero-order valence-electron chi connectivity index (χ0n) is 9.60. The lowest BCUT2D eigenvalue weighted by Gasteiger charge is -2.20. The second-order valence-corrected chi connectivity index (χ2v) is 4.47. The Kier molecular flexibility index (Phi) is 3.22. The summed E-state index contributed by atoms with van der Waals surface area (Å²) in [6, 6.07) is 6.35. The van der Waals surface area contributed by atoms with Gasteiger partial charge in [-0.15, -0.1) is 0 Å². The van der Waals surface area contributed by atoms with Gasteiger partial charge in [-0.1, -0.05) is 12.1 Å². The van der Waals surface area contributed by atoms with Crippen molar-refractivity contribution in [3.05, 3.63) is 35.0 Å². The van der Waals surface area contributed by atoms with Gasteiger partial charge < -0.3 is 4.74 Å². The Hall–Kier alpha value is -2.04. The molecule has 2 N–H and O–H groups in total. The van der Waals surface area contributed by atoms with E-state index in [-0.39, 0.29) is 0 Å². The van der Waals surface area contributed by atoms with E-state index in [1.54, 1.807) is 12.1 Å². The number of nitrogens with one attached hydrogen (secondary N) is 1. The van der Waals surface area contributed by atoms with Crippen LogP contribution in [0.4, 0.5) is 4.79 Å². The van der Waals surface area contributed by atoms with Gasteiger partial charge >= 0.3 is 22.5 Å². The van der Waals surface area contributed by atoms with Crippen LogP contribution in [0.1, 0.15) is 0 Å². The molecule has 0 fully saturated rings. The first-order valence-electron chi connectivity index (χ1n) is 4.92. The number of nitrogens with zero attached hydrogens (tertiary/aromatic N) is 2. The molecule has 2 rings (SSSR count). The topological polar surface area (TPSA) is 127 Å². The maximum Gasteiger partial charge on any atom is 0.412 e. The first-order valence-corrected chi connectivity index (χ1v) is 6.29. The number of rotatable bonds is 3. The van der Waals surface area contributed by atoms with Crippen molar-refractivity contribution in [2.45, 2.75) is 5.97 Å². The highest BCUT2D eigenvalue weighted by Gasteiger charge is 2.40. The van der Waals surface area contributed by atoms with Crippen molar-refractivity contribution in [2.24, 2.45) is 9.98 Å². The van der Waals surface area contributed by atoms with Crippen LogP contribution in [-0.2, 0) is 19.3 Å². The molecule has 0 atom stereocenters. The number of para-hydroxylation sites is 2. The monoisotopic (exact) mass is 287 g/mol. The minimum absolute atomic E-state index is 0.294. The second kappa shape index (κ2) is 4.57. The maximum atomic E-state index is 11.2. The van der Waals surface area contributed by atoms with Crippen molar-refractivity contribution >= 4 is 16.5 Å². The molecule has 0 radical (unpaired) electrons. The van der Waals surface area contributed by atoms with E-state index in [0.717, 1.165) is 7.11 Å². The smallest absolute Gasteiger partial charge is 0.412 e. The Morgan fingerprint density at radius 2 is 1.84 bits per heavy atom. The van der Waals surface area contributed by atoms with Gasteiger partial charge in [-0.05, 0) is 12.1 Å². The summed E-state index contributed by atoms with van der Waals surface area (Å²) in [5.74, 6) is -2.30. The second-order valence-electron chi connectivity index (χ2n) is 3.45. The quantitative estimate of drug-likeness (QED) is 0.527. The molecule has 0 aromatic heterocycles. The summed E-state index contributed by atoms with van der Waals surface area (Å²) in [4.78, 5) is 18.8. The number of fused-ring (bicyclic) bond motifs is 1. The van der Waals surface area contributed by atoms with E-state index in [2.05, 4.69) is 18.9 Å². The van der Waals surface area contributed by atoms with Crippen LogP contribution in [0.2, 0.25) is 0 Å². The van der Waals surface area contributed by atoms with Crippen LogP contribution in [0.25, 0.3) is 0 Å². The van der Waals surface area contributed by atoms with E-state index in [4.69, 9.17) is 4.55 Å². The highest BCUT2D eigenvalue weighted by molar-refractivity contribution is 7.80. The van der Waals surface area contributed by atoms with Gasteiger partial charge in [-0.3, -0.25) is 9.87 Å². The summed E-state index contributed by atoms with van der Waals surface area (Å²) in [6.07, 6.45) is -1.02. The highest BCUT2D eigenvalue weighted by atomic mass is 32.3. The van der Waals surface area contributed by atoms with Crippen LogP contribution in [-0.4, -0.2) is 32.1 Å². The zero-order valence-corrected chi connectivity index (χ0v) is 10.4. The first-order chi connectivity index (χ1) is 8.84. The third kappa shape index (κ3) is 3.05. The Morgan fingerprint density at radius 3 is 2.26 bits per heavy atom. The number of benzene rings is 1. The van der Waals surface area contributed by atoms with Gasteiger partial charge in [0.1, 0.15) is 0 Å². The molecule has 1 amide bonds. The van der Waals surface area contributed by atoms with Crippen molar-refractivity contribution in [3.8, 4) is 0 Å². The molecule has 0 unspecified atom stereocenters. The standard InChI is InChI=1S/C9H9N3O6S/c1-17-8(13)12-9(18-19(14,15)16)10-6-4-2-3-5-7(6)11-9/h2-5H,1H3,(H,12,13)(H,14,15,16). The van der Waals surface area contributed by atoms with Gasteiger partial charge in [0.25, 0.3) is 0 Å². The fraction of sp³-hybridized carbons (Fsp3) is 0.222. The molecule has 1 heterocycles. The van der Waals surface area contributed by atoms with Gasteiger partial charge in [0, 0.05) is 0 Å². The van der Waals surface area contributed by atoms with Crippen LogP contribution in [0.15, 0.2) is 34.3 Å². The fourth-order valence-corrected chi connectivity index (χ4v) is 1.86. The minimum Gasteiger partial charge on any atom is -0.453 e. The average molecular weight is 287 g/mol. The third-order valence-electron chi connectivity index (χ3n) is 2.10. The Bertz CT molecular complexity index is 694. The molecule has 102 valence electrons. The summed E-state index contributed by atoms with van der Waals surface area (Å²) in [5.41, 5.74) is 0. The van der Waals surface area contributed by atoms with Gasteiger partial charge in [0.2, 0.25) is 0 Å². The molecule has 0 saturated carbocycles. The number of carbonyl (C=O) groups is 1. The molecule has 1 aromatic carbocycles. The number of hydrogen-bond acceptors (Lipinski definition) is 7. The molecule has 0 saturated heterocycles. The molecular weight excluding hydrogens is 278 g/mol. The molecular formula is C9H9N3O6S. The van der Waals surface area contributed by atoms with Gasteiger partial charge in [0.05, 0.1) is 17.8 Å². The SMILES string of the molecule is COC(=O)NC1(OS(=O)(=O)O)N=c2ccccc2=N1. The van der Waals surface area contributed by atoms with Gasteiger partial charge in [-0.25, -0.2) is 14.8 Å². The van der Waals surface area contributed by atoms with Crippen LogP contribution in [0.3, 0.4) is 0 Å². The van der Waals surface area contributed by atoms with Crippen molar-refractivity contribution in [3.63, 3.8) is 0 Å². The molecule has 1 aromatic rings. The predicted molar refractivity (Wildman–Crippen MR) is 59.7 cm³/mol. The fourth-order valence-electron chi connectivity index (χ4n) is 1.45. The van der Waals surface area contributed by atoms with E-state index in [1.165, 1.54) is 12.1 Å². The largest absolute Gasteiger partial charge is 0.453 e. The van der Waals surface area contributed by atoms with Crippen molar-refractivity contribution < 1.29 is 26.7 Å². The Labute approximate surface area is 107 Å².